The fraction of sp³-hybridized carbons (Fsp3) is 0.400. The van der Waals surface area contributed by atoms with E-state index in [0.29, 0.717) is 18.4 Å². The van der Waals surface area contributed by atoms with Crippen molar-refractivity contribution in [3.8, 4) is 0 Å². The standard InChI is InChI=1S/C10H11ClFN/c11-9-4-6(1-2-10(9)12)8-3-7(8)5-13/h1-2,4,7-8H,3,5,13H2. The van der Waals surface area contributed by atoms with E-state index in [2.05, 4.69) is 0 Å². The highest BCUT2D eigenvalue weighted by Crippen LogP contribution is 2.47. The molecule has 1 aromatic carbocycles. The lowest BCUT2D eigenvalue weighted by Gasteiger charge is -2.00. The van der Waals surface area contributed by atoms with Gasteiger partial charge in [-0.1, -0.05) is 17.7 Å². The van der Waals surface area contributed by atoms with Crippen molar-refractivity contribution in [3.05, 3.63) is 34.6 Å². The van der Waals surface area contributed by atoms with Crippen LogP contribution in [0.1, 0.15) is 17.9 Å². The molecule has 1 nitrogen and oxygen atoms in total. The van der Waals surface area contributed by atoms with E-state index < -0.39 is 0 Å². The summed E-state index contributed by atoms with van der Waals surface area (Å²) in [4.78, 5) is 0. The molecule has 1 fully saturated rings. The molecular weight excluding hydrogens is 189 g/mol. The van der Waals surface area contributed by atoms with Gasteiger partial charge in [0.2, 0.25) is 0 Å². The van der Waals surface area contributed by atoms with E-state index in [1.807, 2.05) is 0 Å². The Bertz CT molecular complexity index is 327. The summed E-state index contributed by atoms with van der Waals surface area (Å²) in [6.45, 7) is 0.708. The lowest BCUT2D eigenvalue weighted by Crippen LogP contribution is -2.01. The Labute approximate surface area is 81.7 Å². The van der Waals surface area contributed by atoms with Crippen molar-refractivity contribution in [3.63, 3.8) is 0 Å². The highest BCUT2D eigenvalue weighted by atomic mass is 35.5. The van der Waals surface area contributed by atoms with E-state index in [1.165, 1.54) is 6.07 Å². The van der Waals surface area contributed by atoms with Gasteiger partial charge in [-0.15, -0.1) is 0 Å². The fourth-order valence-electron chi connectivity index (χ4n) is 1.66. The average Bonchev–Trinajstić information content (AvgIpc) is 2.88. The zero-order valence-electron chi connectivity index (χ0n) is 7.13. The van der Waals surface area contributed by atoms with Gasteiger partial charge in [-0.3, -0.25) is 0 Å². The molecule has 0 amide bonds. The number of rotatable bonds is 2. The zero-order valence-corrected chi connectivity index (χ0v) is 7.89. The summed E-state index contributed by atoms with van der Waals surface area (Å²) in [7, 11) is 0. The second-order valence-corrected chi connectivity index (χ2v) is 3.92. The van der Waals surface area contributed by atoms with Crippen molar-refractivity contribution in [1.82, 2.24) is 0 Å². The highest BCUT2D eigenvalue weighted by molar-refractivity contribution is 6.30. The van der Waals surface area contributed by atoms with Crippen molar-refractivity contribution < 1.29 is 4.39 Å². The van der Waals surface area contributed by atoms with Crippen molar-refractivity contribution >= 4 is 11.6 Å². The van der Waals surface area contributed by atoms with Gasteiger partial charge in [0.25, 0.3) is 0 Å². The van der Waals surface area contributed by atoms with Crippen LogP contribution in [0.15, 0.2) is 18.2 Å². The first-order valence-electron chi connectivity index (χ1n) is 4.37. The van der Waals surface area contributed by atoms with Gasteiger partial charge in [-0.25, -0.2) is 4.39 Å². The summed E-state index contributed by atoms with van der Waals surface area (Å²) in [5.41, 5.74) is 6.64. The molecule has 2 rings (SSSR count). The minimum Gasteiger partial charge on any atom is -0.330 e. The van der Waals surface area contributed by atoms with Crippen LogP contribution >= 0.6 is 11.6 Å². The van der Waals surface area contributed by atoms with Crippen molar-refractivity contribution in [2.45, 2.75) is 12.3 Å². The molecular formula is C10H11ClFN. The first kappa shape index (κ1) is 8.97. The smallest absolute Gasteiger partial charge is 0.141 e. The molecule has 0 aromatic heterocycles. The van der Waals surface area contributed by atoms with Crippen molar-refractivity contribution in [1.29, 1.82) is 0 Å². The molecule has 0 radical (unpaired) electrons. The molecule has 0 heterocycles. The third kappa shape index (κ3) is 1.69. The number of halogens is 2. The normalized spacial score (nSPS) is 26.1. The molecule has 0 aliphatic heterocycles. The van der Waals surface area contributed by atoms with E-state index in [4.69, 9.17) is 17.3 Å². The number of hydrogen-bond acceptors (Lipinski definition) is 1. The quantitative estimate of drug-likeness (QED) is 0.779. The molecule has 0 spiro atoms. The summed E-state index contributed by atoms with van der Waals surface area (Å²) in [5, 5.41) is 0.208. The molecule has 2 N–H and O–H groups in total. The second kappa shape index (κ2) is 3.28. The van der Waals surface area contributed by atoms with E-state index in [9.17, 15) is 4.39 Å². The molecule has 70 valence electrons. The number of hydrogen-bond donors (Lipinski definition) is 1. The molecule has 13 heavy (non-hydrogen) atoms. The van der Waals surface area contributed by atoms with Crippen LogP contribution in [-0.2, 0) is 0 Å². The number of benzene rings is 1. The van der Waals surface area contributed by atoms with Crippen LogP contribution in [0, 0.1) is 11.7 Å². The summed E-state index contributed by atoms with van der Waals surface area (Å²) in [5.74, 6) is 0.722. The van der Waals surface area contributed by atoms with Crippen LogP contribution in [0.25, 0.3) is 0 Å². The Morgan fingerprint density at radius 1 is 1.54 bits per heavy atom. The minimum absolute atomic E-state index is 0.208. The topological polar surface area (TPSA) is 26.0 Å². The van der Waals surface area contributed by atoms with Crippen molar-refractivity contribution in [2.75, 3.05) is 6.54 Å². The summed E-state index contributed by atoms with van der Waals surface area (Å²) in [6.07, 6.45) is 1.11. The van der Waals surface area contributed by atoms with E-state index in [1.54, 1.807) is 12.1 Å². The van der Waals surface area contributed by atoms with Gasteiger partial charge in [0.1, 0.15) is 5.82 Å². The third-order valence-electron chi connectivity index (χ3n) is 2.60. The third-order valence-corrected chi connectivity index (χ3v) is 2.89. The second-order valence-electron chi connectivity index (χ2n) is 3.51. The van der Waals surface area contributed by atoms with Crippen molar-refractivity contribution in [2.24, 2.45) is 11.7 Å². The molecule has 1 aromatic rings. The summed E-state index contributed by atoms with van der Waals surface area (Å²) in [6, 6.07) is 4.92. The summed E-state index contributed by atoms with van der Waals surface area (Å²) >= 11 is 5.67. The van der Waals surface area contributed by atoms with Crippen LogP contribution in [0.2, 0.25) is 5.02 Å². The predicted molar refractivity (Wildman–Crippen MR) is 51.3 cm³/mol. The maximum Gasteiger partial charge on any atom is 0.141 e. The largest absolute Gasteiger partial charge is 0.330 e. The monoisotopic (exact) mass is 199 g/mol. The van der Waals surface area contributed by atoms with Gasteiger partial charge >= 0.3 is 0 Å². The van der Waals surface area contributed by atoms with Crippen LogP contribution in [0.4, 0.5) is 4.39 Å². The lowest BCUT2D eigenvalue weighted by molar-refractivity contribution is 0.627. The molecule has 0 saturated heterocycles. The van der Waals surface area contributed by atoms with Crippen LogP contribution in [0.3, 0.4) is 0 Å². The Balaban J connectivity index is 2.19. The first-order valence-corrected chi connectivity index (χ1v) is 4.75. The van der Waals surface area contributed by atoms with Gasteiger partial charge in [0, 0.05) is 0 Å². The first-order chi connectivity index (χ1) is 6.22. The fourth-order valence-corrected chi connectivity index (χ4v) is 1.85. The molecule has 2 unspecified atom stereocenters. The Morgan fingerprint density at radius 3 is 2.85 bits per heavy atom. The molecule has 3 heteroatoms. The van der Waals surface area contributed by atoms with E-state index in [-0.39, 0.29) is 10.8 Å². The predicted octanol–water partition coefficient (Wildman–Crippen LogP) is 2.54. The van der Waals surface area contributed by atoms with Gasteiger partial charge in [-0.2, -0.15) is 0 Å². The SMILES string of the molecule is NCC1CC1c1ccc(F)c(Cl)c1. The Hall–Kier alpha value is -0.600. The average molecular weight is 200 g/mol. The molecule has 1 aliphatic rings. The minimum atomic E-state index is -0.352. The highest BCUT2D eigenvalue weighted by Gasteiger charge is 2.36. The van der Waals surface area contributed by atoms with Gasteiger partial charge in [0.15, 0.2) is 0 Å². The maximum atomic E-state index is 12.8. The Kier molecular flexibility index (Phi) is 2.26. The zero-order chi connectivity index (χ0) is 9.42. The Morgan fingerprint density at radius 2 is 2.31 bits per heavy atom. The number of nitrogens with two attached hydrogens (primary N) is 1. The van der Waals surface area contributed by atoms with Gasteiger partial charge in [0.05, 0.1) is 5.02 Å². The van der Waals surface area contributed by atoms with E-state index in [0.717, 1.165) is 12.0 Å². The summed E-state index contributed by atoms with van der Waals surface area (Å²) < 4.78 is 12.8. The van der Waals surface area contributed by atoms with Crippen LogP contribution < -0.4 is 5.73 Å². The molecule has 0 bridgehead atoms. The lowest BCUT2D eigenvalue weighted by atomic mass is 10.1. The van der Waals surface area contributed by atoms with Gasteiger partial charge < -0.3 is 5.73 Å². The van der Waals surface area contributed by atoms with Crippen LogP contribution in [0.5, 0.6) is 0 Å². The molecule has 1 aliphatic carbocycles. The molecule has 1 saturated carbocycles. The van der Waals surface area contributed by atoms with Crippen LogP contribution in [-0.4, -0.2) is 6.54 Å². The van der Waals surface area contributed by atoms with E-state index >= 15 is 0 Å². The van der Waals surface area contributed by atoms with Gasteiger partial charge in [-0.05, 0) is 42.5 Å². The maximum absolute atomic E-state index is 12.8. The molecule has 2 atom stereocenters.